The molecule has 2 aliphatic rings. The monoisotopic (exact) mass is 298 g/mol. The van der Waals surface area contributed by atoms with Gasteiger partial charge in [0.05, 0.1) is 12.2 Å². The zero-order chi connectivity index (χ0) is 14.3. The molecule has 6 nitrogen and oxygen atoms in total. The summed E-state index contributed by atoms with van der Waals surface area (Å²) in [5.41, 5.74) is 0. The van der Waals surface area contributed by atoms with Gasteiger partial charge in [-0.15, -0.1) is 0 Å². The number of hydrogen-bond donors (Lipinski definition) is 1. The van der Waals surface area contributed by atoms with Crippen LogP contribution >= 0.6 is 11.6 Å². The van der Waals surface area contributed by atoms with E-state index in [-0.39, 0.29) is 35.6 Å². The first-order valence-electron chi connectivity index (χ1n) is 7.07. The molecule has 0 aromatic carbocycles. The van der Waals surface area contributed by atoms with Crippen molar-refractivity contribution in [2.24, 2.45) is 0 Å². The van der Waals surface area contributed by atoms with Gasteiger partial charge in [-0.3, -0.25) is 0 Å². The van der Waals surface area contributed by atoms with Crippen LogP contribution in [0.3, 0.4) is 0 Å². The molecule has 1 N–H and O–H groups in total. The molecule has 2 unspecified atom stereocenters. The molecule has 2 aliphatic heterocycles. The van der Waals surface area contributed by atoms with E-state index in [1.54, 1.807) is 0 Å². The average molecular weight is 299 g/mol. The van der Waals surface area contributed by atoms with E-state index >= 15 is 0 Å². The largest absolute Gasteiger partial charge is 0.461 e. The fourth-order valence-corrected chi connectivity index (χ4v) is 3.32. The van der Waals surface area contributed by atoms with E-state index in [2.05, 4.69) is 19.9 Å². The molecule has 0 spiro atoms. The number of fused-ring (bicyclic) bond motifs is 2. The Balaban J connectivity index is 1.88. The van der Waals surface area contributed by atoms with E-state index < -0.39 is 0 Å². The Kier molecular flexibility index (Phi) is 3.69. The molecule has 7 heteroatoms. The second-order valence-electron chi connectivity index (χ2n) is 5.77. The SMILES string of the molecule is CC(C)Oc1nc(Cl)nc(N2C3CCC2CC(O)C3)n1. The Hall–Kier alpha value is -1.14. The third-order valence-corrected chi connectivity index (χ3v) is 4.03. The van der Waals surface area contributed by atoms with Gasteiger partial charge in [-0.2, -0.15) is 15.0 Å². The number of aliphatic hydroxyl groups is 1. The Morgan fingerprint density at radius 2 is 1.85 bits per heavy atom. The highest BCUT2D eigenvalue weighted by atomic mass is 35.5. The van der Waals surface area contributed by atoms with Gasteiger partial charge < -0.3 is 14.7 Å². The number of aromatic nitrogens is 3. The summed E-state index contributed by atoms with van der Waals surface area (Å²) in [6.07, 6.45) is 3.42. The lowest BCUT2D eigenvalue weighted by molar-refractivity contribution is 0.125. The summed E-state index contributed by atoms with van der Waals surface area (Å²) in [7, 11) is 0. The lowest BCUT2D eigenvalue weighted by Crippen LogP contribution is -2.45. The van der Waals surface area contributed by atoms with Crippen LogP contribution in [0, 0.1) is 0 Å². The van der Waals surface area contributed by atoms with Crippen LogP contribution < -0.4 is 9.64 Å². The molecule has 2 bridgehead atoms. The van der Waals surface area contributed by atoms with Gasteiger partial charge in [0.1, 0.15) is 0 Å². The van der Waals surface area contributed by atoms with Crippen molar-refractivity contribution in [3.63, 3.8) is 0 Å². The number of nitrogens with zero attached hydrogens (tertiary/aromatic N) is 4. The predicted molar refractivity (Wildman–Crippen MR) is 75.1 cm³/mol. The second kappa shape index (κ2) is 5.33. The molecule has 0 aliphatic carbocycles. The summed E-state index contributed by atoms with van der Waals surface area (Å²) in [6.45, 7) is 3.83. The molecule has 1 aromatic rings. The third kappa shape index (κ3) is 2.67. The van der Waals surface area contributed by atoms with Crippen molar-refractivity contribution in [1.82, 2.24) is 15.0 Å². The topological polar surface area (TPSA) is 71.4 Å². The van der Waals surface area contributed by atoms with E-state index in [0.717, 1.165) is 25.7 Å². The zero-order valence-electron chi connectivity index (χ0n) is 11.7. The van der Waals surface area contributed by atoms with Crippen LogP contribution in [0.2, 0.25) is 5.28 Å². The van der Waals surface area contributed by atoms with Crippen molar-refractivity contribution >= 4 is 17.5 Å². The Morgan fingerprint density at radius 1 is 1.20 bits per heavy atom. The lowest BCUT2D eigenvalue weighted by Gasteiger charge is -2.37. The Bertz CT molecular complexity index is 485. The van der Waals surface area contributed by atoms with E-state index in [0.29, 0.717) is 5.95 Å². The first-order valence-corrected chi connectivity index (χ1v) is 7.45. The van der Waals surface area contributed by atoms with Crippen molar-refractivity contribution in [1.29, 1.82) is 0 Å². The molecule has 0 saturated carbocycles. The van der Waals surface area contributed by atoms with Crippen LogP contribution in [-0.2, 0) is 0 Å². The summed E-state index contributed by atoms with van der Waals surface area (Å²) in [5.74, 6) is 0.569. The zero-order valence-corrected chi connectivity index (χ0v) is 12.4. The third-order valence-electron chi connectivity index (χ3n) is 3.86. The number of piperidine rings is 1. The van der Waals surface area contributed by atoms with Crippen LogP contribution in [0.4, 0.5) is 5.95 Å². The number of ether oxygens (including phenoxy) is 1. The summed E-state index contributed by atoms with van der Waals surface area (Å²) in [4.78, 5) is 14.8. The van der Waals surface area contributed by atoms with Crippen molar-refractivity contribution in [2.45, 2.75) is 63.8 Å². The van der Waals surface area contributed by atoms with Gasteiger partial charge in [0.15, 0.2) is 0 Å². The van der Waals surface area contributed by atoms with Gasteiger partial charge in [-0.05, 0) is 51.1 Å². The van der Waals surface area contributed by atoms with Crippen LogP contribution in [0.15, 0.2) is 0 Å². The number of aliphatic hydroxyl groups excluding tert-OH is 1. The number of hydrogen-bond acceptors (Lipinski definition) is 6. The molecule has 0 radical (unpaired) electrons. The average Bonchev–Trinajstić information content (AvgIpc) is 2.60. The minimum Gasteiger partial charge on any atom is -0.461 e. The first-order chi connectivity index (χ1) is 9.52. The van der Waals surface area contributed by atoms with Gasteiger partial charge in [0.2, 0.25) is 11.2 Å². The van der Waals surface area contributed by atoms with Crippen molar-refractivity contribution in [3.05, 3.63) is 5.28 Å². The standard InChI is InChI=1S/C13H19ClN4O2/c1-7(2)20-13-16-11(14)15-12(17-13)18-8-3-4-9(18)6-10(19)5-8/h7-10,19H,3-6H2,1-2H3. The molecule has 110 valence electrons. The normalized spacial score (nSPS) is 29.1. The molecule has 2 atom stereocenters. The number of anilines is 1. The molecular formula is C13H19ClN4O2. The summed E-state index contributed by atoms with van der Waals surface area (Å²) >= 11 is 5.98. The maximum Gasteiger partial charge on any atom is 0.322 e. The summed E-state index contributed by atoms with van der Waals surface area (Å²) in [5, 5.41) is 10.0. The number of halogens is 1. The summed E-state index contributed by atoms with van der Waals surface area (Å²) in [6, 6.07) is 0.837. The van der Waals surface area contributed by atoms with Crippen molar-refractivity contribution < 1.29 is 9.84 Å². The van der Waals surface area contributed by atoms with Crippen LogP contribution in [0.25, 0.3) is 0 Å². The minimum absolute atomic E-state index is 0.0128. The van der Waals surface area contributed by atoms with Crippen molar-refractivity contribution in [3.8, 4) is 6.01 Å². The maximum absolute atomic E-state index is 9.85. The fraction of sp³-hybridized carbons (Fsp3) is 0.769. The molecular weight excluding hydrogens is 280 g/mol. The van der Waals surface area contributed by atoms with Crippen LogP contribution in [-0.4, -0.2) is 44.4 Å². The highest BCUT2D eigenvalue weighted by Gasteiger charge is 2.41. The first kappa shape index (κ1) is 13.8. The predicted octanol–water partition coefficient (Wildman–Crippen LogP) is 1.80. The Morgan fingerprint density at radius 3 is 2.45 bits per heavy atom. The van der Waals surface area contributed by atoms with E-state index in [1.165, 1.54) is 0 Å². The maximum atomic E-state index is 9.85. The van der Waals surface area contributed by atoms with Gasteiger partial charge in [0.25, 0.3) is 0 Å². The van der Waals surface area contributed by atoms with Crippen LogP contribution in [0.5, 0.6) is 6.01 Å². The highest BCUT2D eigenvalue weighted by molar-refractivity contribution is 6.28. The van der Waals surface area contributed by atoms with Gasteiger partial charge in [-0.1, -0.05) is 0 Å². The van der Waals surface area contributed by atoms with E-state index in [9.17, 15) is 5.11 Å². The minimum atomic E-state index is -0.215. The number of rotatable bonds is 3. The Labute approximate surface area is 123 Å². The van der Waals surface area contributed by atoms with E-state index in [1.807, 2.05) is 13.8 Å². The molecule has 2 saturated heterocycles. The molecule has 3 rings (SSSR count). The van der Waals surface area contributed by atoms with Gasteiger partial charge in [0, 0.05) is 12.1 Å². The van der Waals surface area contributed by atoms with Crippen molar-refractivity contribution in [2.75, 3.05) is 4.90 Å². The summed E-state index contributed by atoms with van der Waals surface area (Å²) < 4.78 is 5.52. The van der Waals surface area contributed by atoms with Crippen LogP contribution in [0.1, 0.15) is 39.5 Å². The molecule has 1 aromatic heterocycles. The molecule has 2 fully saturated rings. The smallest absolute Gasteiger partial charge is 0.322 e. The van der Waals surface area contributed by atoms with Gasteiger partial charge >= 0.3 is 6.01 Å². The lowest BCUT2D eigenvalue weighted by atomic mass is 10.0. The fourth-order valence-electron chi connectivity index (χ4n) is 3.18. The molecule has 0 amide bonds. The highest BCUT2D eigenvalue weighted by Crippen LogP contribution is 2.38. The second-order valence-corrected chi connectivity index (χ2v) is 6.11. The molecule has 3 heterocycles. The molecule has 20 heavy (non-hydrogen) atoms. The van der Waals surface area contributed by atoms with E-state index in [4.69, 9.17) is 16.3 Å². The quantitative estimate of drug-likeness (QED) is 0.917. The van der Waals surface area contributed by atoms with Gasteiger partial charge in [-0.25, -0.2) is 0 Å².